The average Bonchev–Trinajstić information content (AvgIpc) is 2.52. The minimum Gasteiger partial charge on any atom is -0.360 e. The normalized spacial score (nSPS) is 21.5. The van der Waals surface area contributed by atoms with Crippen LogP contribution in [-0.2, 0) is 4.79 Å². The van der Waals surface area contributed by atoms with Crippen molar-refractivity contribution in [1.82, 2.24) is 0 Å². The summed E-state index contributed by atoms with van der Waals surface area (Å²) < 4.78 is 77.1. The van der Waals surface area contributed by atoms with Gasteiger partial charge in [-0.05, 0) is 18.2 Å². The maximum atomic E-state index is 13.2. The van der Waals surface area contributed by atoms with Crippen molar-refractivity contribution in [2.45, 2.75) is 18.1 Å². The lowest BCUT2D eigenvalue weighted by molar-refractivity contribution is -0.235. The number of benzene rings is 1. The molecule has 1 aromatic rings. The fourth-order valence-electron chi connectivity index (χ4n) is 1.87. The smallest absolute Gasteiger partial charge is 0.360 e. The quantitative estimate of drug-likeness (QED) is 0.671. The number of aliphatic hydroxyl groups is 1. The number of anilines is 2. The molecule has 4 nitrogen and oxygen atoms in total. The summed E-state index contributed by atoms with van der Waals surface area (Å²) in [6.45, 7) is 0. The first kappa shape index (κ1) is 17.4. The molecular formula is C12H7ClF6N2O2. The molecule has 1 aromatic carbocycles. The van der Waals surface area contributed by atoms with Gasteiger partial charge in [-0.15, -0.1) is 0 Å². The van der Waals surface area contributed by atoms with E-state index >= 15 is 0 Å². The predicted molar refractivity (Wildman–Crippen MR) is 68.8 cm³/mol. The van der Waals surface area contributed by atoms with E-state index in [0.29, 0.717) is 0 Å². The topological polar surface area (TPSA) is 61.4 Å². The van der Waals surface area contributed by atoms with Crippen molar-refractivity contribution in [3.8, 4) is 0 Å². The molecular weight excluding hydrogens is 354 g/mol. The molecule has 3 N–H and O–H groups in total. The van der Waals surface area contributed by atoms with Gasteiger partial charge in [0.25, 0.3) is 11.5 Å². The fraction of sp³-hybridized carbons (Fsp3) is 0.250. The van der Waals surface area contributed by atoms with Crippen LogP contribution in [0.3, 0.4) is 0 Å². The van der Waals surface area contributed by atoms with Crippen molar-refractivity contribution >= 4 is 28.8 Å². The Morgan fingerprint density at radius 3 is 2.26 bits per heavy atom. The van der Waals surface area contributed by atoms with E-state index in [0.717, 1.165) is 6.07 Å². The van der Waals surface area contributed by atoms with Crippen molar-refractivity contribution in [2.75, 3.05) is 10.6 Å². The maximum Gasteiger partial charge on any atom is 0.454 e. The molecule has 1 aliphatic rings. The van der Waals surface area contributed by atoms with Gasteiger partial charge in [0.15, 0.2) is 0 Å². The molecule has 126 valence electrons. The summed E-state index contributed by atoms with van der Waals surface area (Å²) in [6.07, 6.45) is -11.1. The number of rotatable bonds is 1. The van der Waals surface area contributed by atoms with E-state index in [2.05, 4.69) is 5.32 Å². The van der Waals surface area contributed by atoms with E-state index in [1.54, 1.807) is 0 Å². The third kappa shape index (κ3) is 3.08. The summed E-state index contributed by atoms with van der Waals surface area (Å²) >= 11 is 5.61. The first-order valence-electron chi connectivity index (χ1n) is 5.82. The minimum atomic E-state index is -5.62. The molecule has 0 aromatic heterocycles. The molecule has 1 aliphatic heterocycles. The van der Waals surface area contributed by atoms with Gasteiger partial charge in [0.2, 0.25) is 0 Å². The number of nitrogens with one attached hydrogen (secondary N) is 2. The summed E-state index contributed by atoms with van der Waals surface area (Å²) in [6, 6.07) is 3.38. The highest BCUT2D eigenvalue weighted by Crippen LogP contribution is 2.43. The van der Waals surface area contributed by atoms with Gasteiger partial charge in [0.1, 0.15) is 0 Å². The van der Waals surface area contributed by atoms with Gasteiger partial charge in [-0.25, -0.2) is 0 Å². The van der Waals surface area contributed by atoms with E-state index in [4.69, 9.17) is 11.6 Å². The van der Waals surface area contributed by atoms with Crippen molar-refractivity contribution in [1.29, 1.82) is 0 Å². The number of halogens is 7. The van der Waals surface area contributed by atoms with Gasteiger partial charge >= 0.3 is 12.4 Å². The Hall–Kier alpha value is -1.94. The summed E-state index contributed by atoms with van der Waals surface area (Å²) in [4.78, 5) is 11.3. The molecule has 0 fully saturated rings. The second kappa shape index (κ2) is 5.31. The van der Waals surface area contributed by atoms with Crippen molar-refractivity contribution < 1.29 is 36.2 Å². The number of fused-ring (bicyclic) bond motifs is 1. The number of ketones is 1. The van der Waals surface area contributed by atoms with Crippen molar-refractivity contribution in [2.24, 2.45) is 0 Å². The van der Waals surface area contributed by atoms with Crippen LogP contribution in [0.15, 0.2) is 30.0 Å². The van der Waals surface area contributed by atoms with Gasteiger partial charge in [-0.2, -0.15) is 26.3 Å². The number of Topliss-reactive ketones (excluding diaryl/α,β-unsaturated/α-hetero) is 1. The highest BCUT2D eigenvalue weighted by atomic mass is 35.5. The molecule has 0 saturated heterocycles. The molecule has 2 rings (SSSR count). The SMILES string of the molecule is O=C(C1=CNc2ccc(Cl)cc2NC1(O)C(F)(F)F)C(F)(F)F. The molecule has 0 bridgehead atoms. The number of alkyl halides is 6. The van der Waals surface area contributed by atoms with E-state index in [9.17, 15) is 36.2 Å². The fourth-order valence-corrected chi connectivity index (χ4v) is 2.04. The zero-order valence-electron chi connectivity index (χ0n) is 10.8. The third-order valence-corrected chi connectivity index (χ3v) is 3.21. The van der Waals surface area contributed by atoms with Crippen LogP contribution in [0.5, 0.6) is 0 Å². The molecule has 0 spiro atoms. The molecule has 1 heterocycles. The molecule has 0 amide bonds. The highest BCUT2D eigenvalue weighted by Gasteiger charge is 2.62. The highest BCUT2D eigenvalue weighted by molar-refractivity contribution is 6.31. The largest absolute Gasteiger partial charge is 0.454 e. The lowest BCUT2D eigenvalue weighted by atomic mass is 9.98. The Bertz CT molecular complexity index is 685. The number of hydrogen-bond acceptors (Lipinski definition) is 4. The molecule has 0 saturated carbocycles. The molecule has 1 unspecified atom stereocenters. The number of carbonyl (C=O) groups is 1. The predicted octanol–water partition coefficient (Wildman–Crippen LogP) is 3.44. The van der Waals surface area contributed by atoms with E-state index in [1.807, 2.05) is 0 Å². The summed E-state index contributed by atoms with van der Waals surface area (Å²) in [7, 11) is 0. The van der Waals surface area contributed by atoms with Crippen molar-refractivity contribution in [3.05, 3.63) is 35.0 Å². The molecule has 0 aliphatic carbocycles. The minimum absolute atomic E-state index is 0.0341. The van der Waals surface area contributed by atoms with Crippen LogP contribution in [-0.4, -0.2) is 29.0 Å². The van der Waals surface area contributed by atoms with Gasteiger partial charge in [-0.1, -0.05) is 11.6 Å². The Labute approximate surface area is 129 Å². The van der Waals surface area contributed by atoms with Crippen LogP contribution in [0.4, 0.5) is 37.7 Å². The van der Waals surface area contributed by atoms with Gasteiger partial charge in [0.05, 0.1) is 16.9 Å². The number of hydrogen-bond donors (Lipinski definition) is 3. The zero-order chi connectivity index (χ0) is 17.6. The molecule has 11 heteroatoms. The van der Waals surface area contributed by atoms with E-state index in [-0.39, 0.29) is 16.9 Å². The molecule has 0 radical (unpaired) electrons. The van der Waals surface area contributed by atoms with Crippen LogP contribution in [0.2, 0.25) is 5.02 Å². The Morgan fingerprint density at radius 2 is 1.74 bits per heavy atom. The molecule has 1 atom stereocenters. The summed E-state index contributed by atoms with van der Waals surface area (Å²) in [5.41, 5.74) is -6.73. The monoisotopic (exact) mass is 360 g/mol. The van der Waals surface area contributed by atoms with E-state index < -0.39 is 35.1 Å². The number of carbonyl (C=O) groups excluding carboxylic acids is 1. The van der Waals surface area contributed by atoms with E-state index in [1.165, 1.54) is 17.4 Å². The first-order chi connectivity index (χ1) is 10.4. The first-order valence-corrected chi connectivity index (χ1v) is 6.19. The van der Waals surface area contributed by atoms with Crippen LogP contribution in [0, 0.1) is 0 Å². The summed E-state index contributed by atoms with van der Waals surface area (Å²) in [5, 5.41) is 13.4. The van der Waals surface area contributed by atoms with Gasteiger partial charge in [0, 0.05) is 11.2 Å². The Kier molecular flexibility index (Phi) is 4.02. The average molecular weight is 361 g/mol. The van der Waals surface area contributed by atoms with Crippen molar-refractivity contribution in [3.63, 3.8) is 0 Å². The lowest BCUT2D eigenvalue weighted by Crippen LogP contribution is -2.56. The standard InChI is InChI=1S/C12H7ClF6N2O2/c13-5-1-2-7-8(3-5)21-10(23,12(17,18)19)6(4-20-7)9(22)11(14,15)16/h1-4,20-21,23H. The van der Waals surface area contributed by atoms with Crippen LogP contribution in [0.25, 0.3) is 0 Å². The Balaban J connectivity index is 2.63. The van der Waals surface area contributed by atoms with Crippen LogP contribution < -0.4 is 10.6 Å². The van der Waals surface area contributed by atoms with Crippen LogP contribution in [0.1, 0.15) is 0 Å². The van der Waals surface area contributed by atoms with Gasteiger partial charge < -0.3 is 15.7 Å². The lowest BCUT2D eigenvalue weighted by Gasteiger charge is -2.32. The van der Waals surface area contributed by atoms with Crippen LogP contribution >= 0.6 is 11.6 Å². The molecule has 23 heavy (non-hydrogen) atoms. The second-order valence-corrected chi connectivity index (χ2v) is 4.99. The Morgan fingerprint density at radius 1 is 1.13 bits per heavy atom. The zero-order valence-corrected chi connectivity index (χ0v) is 11.6. The second-order valence-electron chi connectivity index (χ2n) is 4.55. The summed E-state index contributed by atoms with van der Waals surface area (Å²) in [5.74, 6) is -2.84. The maximum absolute atomic E-state index is 13.2. The van der Waals surface area contributed by atoms with Gasteiger partial charge in [-0.3, -0.25) is 4.79 Å². The third-order valence-electron chi connectivity index (χ3n) is 2.97.